The molecular formula is C7H11O. The minimum atomic E-state index is 0.219. The van der Waals surface area contributed by atoms with Crippen LogP contribution in [-0.4, -0.2) is 13.2 Å². The summed E-state index contributed by atoms with van der Waals surface area (Å²) < 4.78 is 4.93. The van der Waals surface area contributed by atoms with Gasteiger partial charge >= 0.3 is 0 Å². The third-order valence-electron chi connectivity index (χ3n) is 0.797. The topological polar surface area (TPSA) is 9.23 Å². The van der Waals surface area contributed by atoms with Gasteiger partial charge in [-0.3, -0.25) is 0 Å². The summed E-state index contributed by atoms with van der Waals surface area (Å²) in [6, 6.07) is 0. The highest BCUT2D eigenvalue weighted by Crippen LogP contribution is 1.90. The van der Waals surface area contributed by atoms with E-state index in [-0.39, 0.29) is 5.92 Å². The highest BCUT2D eigenvalue weighted by molar-refractivity contribution is 4.89. The Bertz CT molecular complexity index is 80.9. The van der Waals surface area contributed by atoms with E-state index in [1.165, 1.54) is 0 Å². The Kier molecular flexibility index (Phi) is 4.39. The zero-order valence-electron chi connectivity index (χ0n) is 5.18. The van der Waals surface area contributed by atoms with Gasteiger partial charge in [-0.05, 0) is 13.8 Å². The molecule has 1 radical (unpaired) electrons. The maximum absolute atomic E-state index is 5.06. The van der Waals surface area contributed by atoms with Crippen molar-refractivity contribution in [3.05, 3.63) is 6.92 Å². The zero-order valence-corrected chi connectivity index (χ0v) is 5.18. The Labute approximate surface area is 51.0 Å². The lowest BCUT2D eigenvalue weighted by atomic mass is 10.2. The molecule has 0 fully saturated rings. The van der Waals surface area contributed by atoms with Gasteiger partial charge in [0.15, 0.2) is 0 Å². The van der Waals surface area contributed by atoms with E-state index in [1.54, 1.807) is 0 Å². The molecule has 1 heteroatoms. The number of terminal acetylenes is 1. The standard InChI is InChI=1S/C7H11O/c1-4-7(3)6-8-5-2/h1,7H,2,5-6H2,3H3. The van der Waals surface area contributed by atoms with Crippen LogP contribution in [-0.2, 0) is 4.74 Å². The fourth-order valence-electron chi connectivity index (χ4n) is 0.308. The van der Waals surface area contributed by atoms with Crippen molar-refractivity contribution in [1.29, 1.82) is 0 Å². The number of rotatable bonds is 3. The minimum absolute atomic E-state index is 0.219. The molecule has 0 aliphatic heterocycles. The Morgan fingerprint density at radius 2 is 2.50 bits per heavy atom. The molecule has 0 saturated carbocycles. The molecule has 0 spiro atoms. The van der Waals surface area contributed by atoms with Gasteiger partial charge in [0.2, 0.25) is 0 Å². The quantitative estimate of drug-likeness (QED) is 0.496. The SMILES string of the molecule is C#CC(C)COC[CH2]. The van der Waals surface area contributed by atoms with Crippen LogP contribution in [0, 0.1) is 25.2 Å². The van der Waals surface area contributed by atoms with Crippen molar-refractivity contribution in [3.63, 3.8) is 0 Å². The predicted molar refractivity (Wildman–Crippen MR) is 34.2 cm³/mol. The normalized spacial score (nSPS) is 12.6. The van der Waals surface area contributed by atoms with Gasteiger partial charge in [0.05, 0.1) is 6.61 Å². The van der Waals surface area contributed by atoms with Crippen LogP contribution < -0.4 is 0 Å². The first-order valence-corrected chi connectivity index (χ1v) is 2.64. The number of ether oxygens (including phenoxy) is 1. The average Bonchev–Trinajstić information content (AvgIpc) is 1.83. The highest BCUT2D eigenvalue weighted by atomic mass is 16.5. The molecule has 0 rings (SSSR count). The highest BCUT2D eigenvalue weighted by Gasteiger charge is 1.92. The summed E-state index contributed by atoms with van der Waals surface area (Å²) >= 11 is 0. The van der Waals surface area contributed by atoms with Crippen molar-refractivity contribution in [3.8, 4) is 12.3 Å². The van der Waals surface area contributed by atoms with Crippen LogP contribution in [0.4, 0.5) is 0 Å². The molecule has 0 aromatic carbocycles. The van der Waals surface area contributed by atoms with Crippen molar-refractivity contribution in [2.45, 2.75) is 6.92 Å². The predicted octanol–water partition coefficient (Wildman–Crippen LogP) is 1.11. The van der Waals surface area contributed by atoms with E-state index >= 15 is 0 Å². The van der Waals surface area contributed by atoms with Crippen LogP contribution in [0.15, 0.2) is 0 Å². The largest absolute Gasteiger partial charge is 0.380 e. The van der Waals surface area contributed by atoms with E-state index < -0.39 is 0 Å². The molecule has 45 valence electrons. The van der Waals surface area contributed by atoms with Crippen molar-refractivity contribution in [2.24, 2.45) is 5.92 Å². The molecule has 1 unspecified atom stereocenters. The third kappa shape index (κ3) is 3.70. The van der Waals surface area contributed by atoms with Gasteiger partial charge in [-0.15, -0.1) is 12.3 Å². The molecule has 0 aliphatic carbocycles. The zero-order chi connectivity index (χ0) is 6.41. The fourth-order valence-corrected chi connectivity index (χ4v) is 0.308. The molecule has 0 aromatic heterocycles. The van der Waals surface area contributed by atoms with Crippen LogP contribution >= 0.6 is 0 Å². The van der Waals surface area contributed by atoms with E-state index in [4.69, 9.17) is 11.2 Å². The summed E-state index contributed by atoms with van der Waals surface area (Å²) in [5, 5.41) is 0. The Morgan fingerprint density at radius 3 is 2.88 bits per heavy atom. The maximum atomic E-state index is 5.06. The van der Waals surface area contributed by atoms with Crippen molar-refractivity contribution in [1.82, 2.24) is 0 Å². The molecule has 8 heavy (non-hydrogen) atoms. The van der Waals surface area contributed by atoms with E-state index in [0.717, 1.165) is 0 Å². The molecule has 0 N–H and O–H groups in total. The molecule has 0 heterocycles. The van der Waals surface area contributed by atoms with Gasteiger partial charge < -0.3 is 4.74 Å². The van der Waals surface area contributed by atoms with Crippen LogP contribution in [0.1, 0.15) is 6.92 Å². The summed E-state index contributed by atoms with van der Waals surface area (Å²) in [6.07, 6.45) is 5.06. The summed E-state index contributed by atoms with van der Waals surface area (Å²) in [5.74, 6) is 2.77. The molecule has 0 amide bonds. The molecule has 1 atom stereocenters. The summed E-state index contributed by atoms with van der Waals surface area (Å²) in [4.78, 5) is 0. The monoisotopic (exact) mass is 111 g/mol. The molecule has 0 bridgehead atoms. The summed E-state index contributed by atoms with van der Waals surface area (Å²) in [6.45, 7) is 6.57. The fraction of sp³-hybridized carbons (Fsp3) is 0.571. The van der Waals surface area contributed by atoms with Crippen molar-refractivity contribution in [2.75, 3.05) is 13.2 Å². The van der Waals surface area contributed by atoms with Gasteiger partial charge in [0.25, 0.3) is 0 Å². The molecule has 1 nitrogen and oxygen atoms in total. The molecule has 0 aromatic rings. The van der Waals surface area contributed by atoms with Crippen molar-refractivity contribution < 1.29 is 4.74 Å². The average molecular weight is 111 g/mol. The van der Waals surface area contributed by atoms with E-state index in [0.29, 0.717) is 13.2 Å². The van der Waals surface area contributed by atoms with Gasteiger partial charge in [0.1, 0.15) is 0 Å². The lowest BCUT2D eigenvalue weighted by Crippen LogP contribution is -2.02. The second kappa shape index (κ2) is 4.67. The second-order valence-electron chi connectivity index (χ2n) is 1.64. The molecular weight excluding hydrogens is 100 g/mol. The Hall–Kier alpha value is -0.480. The third-order valence-corrected chi connectivity index (χ3v) is 0.797. The summed E-state index contributed by atoms with van der Waals surface area (Å²) in [5.41, 5.74) is 0. The van der Waals surface area contributed by atoms with Gasteiger partial charge in [-0.25, -0.2) is 0 Å². The van der Waals surface area contributed by atoms with Gasteiger partial charge in [-0.1, -0.05) is 0 Å². The molecule has 0 aliphatic rings. The van der Waals surface area contributed by atoms with Crippen LogP contribution in [0.2, 0.25) is 0 Å². The first-order chi connectivity index (χ1) is 3.81. The summed E-state index contributed by atoms with van der Waals surface area (Å²) in [7, 11) is 0. The van der Waals surface area contributed by atoms with Gasteiger partial charge in [0, 0.05) is 12.5 Å². The number of hydrogen-bond acceptors (Lipinski definition) is 1. The first kappa shape index (κ1) is 7.52. The second-order valence-corrected chi connectivity index (χ2v) is 1.64. The maximum Gasteiger partial charge on any atom is 0.0601 e. The van der Waals surface area contributed by atoms with Crippen LogP contribution in [0.5, 0.6) is 0 Å². The molecule has 0 saturated heterocycles. The van der Waals surface area contributed by atoms with Gasteiger partial charge in [-0.2, -0.15) is 0 Å². The van der Waals surface area contributed by atoms with Crippen LogP contribution in [0.25, 0.3) is 0 Å². The van der Waals surface area contributed by atoms with Crippen LogP contribution in [0.3, 0.4) is 0 Å². The Morgan fingerprint density at radius 1 is 1.88 bits per heavy atom. The Balaban J connectivity index is 3.02. The van der Waals surface area contributed by atoms with Crippen molar-refractivity contribution >= 4 is 0 Å². The van der Waals surface area contributed by atoms with E-state index in [2.05, 4.69) is 12.8 Å². The lowest BCUT2D eigenvalue weighted by molar-refractivity contribution is 0.144. The lowest BCUT2D eigenvalue weighted by Gasteiger charge is -2.01. The number of hydrogen-bond donors (Lipinski definition) is 0. The first-order valence-electron chi connectivity index (χ1n) is 2.64. The van der Waals surface area contributed by atoms with E-state index in [9.17, 15) is 0 Å². The smallest absolute Gasteiger partial charge is 0.0601 e. The minimum Gasteiger partial charge on any atom is -0.380 e. The van der Waals surface area contributed by atoms with E-state index in [1.807, 2.05) is 6.92 Å².